The van der Waals surface area contributed by atoms with Gasteiger partial charge in [-0.05, 0) is 52.3 Å². The highest BCUT2D eigenvalue weighted by atomic mass is 35.5. The fraction of sp³-hybridized carbons (Fsp3) is 0.308. The van der Waals surface area contributed by atoms with Crippen molar-refractivity contribution in [2.45, 2.75) is 46.8 Å². The number of hydrogen-bond donors (Lipinski definition) is 1. The number of carboxylic acids is 1. The molecule has 0 aliphatic rings. The zero-order valence-corrected chi connectivity index (χ0v) is 21.3. The molecule has 35 heavy (non-hydrogen) atoms. The number of anilines is 1. The molecular weight excluding hydrogens is 470 g/mol. The molecule has 1 aromatic carbocycles. The number of carboxylic acid groups (broad SMARTS) is 1. The van der Waals surface area contributed by atoms with Crippen LogP contribution in [0.25, 0.3) is 11.1 Å². The van der Waals surface area contributed by atoms with Gasteiger partial charge in [0.2, 0.25) is 0 Å². The van der Waals surface area contributed by atoms with Gasteiger partial charge in [0.1, 0.15) is 11.4 Å². The topological polar surface area (TPSA) is 102 Å². The van der Waals surface area contributed by atoms with E-state index < -0.39 is 17.7 Å². The number of nitrogens with zero attached hydrogens (tertiary/aromatic N) is 3. The van der Waals surface area contributed by atoms with Crippen LogP contribution in [-0.2, 0) is 11.3 Å². The van der Waals surface area contributed by atoms with Crippen molar-refractivity contribution >= 4 is 29.4 Å². The van der Waals surface area contributed by atoms with Gasteiger partial charge < -0.3 is 14.6 Å². The highest BCUT2D eigenvalue weighted by molar-refractivity contribution is 6.32. The van der Waals surface area contributed by atoms with E-state index in [4.69, 9.17) is 21.1 Å². The number of hydrogen-bond acceptors (Lipinski definition) is 6. The van der Waals surface area contributed by atoms with E-state index in [0.717, 1.165) is 11.1 Å². The van der Waals surface area contributed by atoms with Crippen LogP contribution in [0.5, 0.6) is 5.75 Å². The molecule has 0 saturated heterocycles. The third-order valence-electron chi connectivity index (χ3n) is 5.25. The lowest BCUT2D eigenvalue weighted by Crippen LogP contribution is -2.37. The maximum Gasteiger partial charge on any atom is 0.415 e. The fourth-order valence-electron chi connectivity index (χ4n) is 3.64. The van der Waals surface area contributed by atoms with Crippen molar-refractivity contribution < 1.29 is 24.2 Å². The van der Waals surface area contributed by atoms with E-state index in [2.05, 4.69) is 9.97 Å². The van der Waals surface area contributed by atoms with Gasteiger partial charge in [0.15, 0.2) is 5.15 Å². The number of ether oxygens (including phenoxy) is 2. The highest BCUT2D eigenvalue weighted by Gasteiger charge is 2.28. The fourth-order valence-corrected chi connectivity index (χ4v) is 3.85. The van der Waals surface area contributed by atoms with E-state index in [1.54, 1.807) is 58.3 Å². The van der Waals surface area contributed by atoms with E-state index in [9.17, 15) is 14.7 Å². The van der Waals surface area contributed by atoms with Gasteiger partial charge in [0.05, 0.1) is 30.6 Å². The number of benzene rings is 1. The lowest BCUT2D eigenvalue weighted by molar-refractivity contribution is 0.0576. The Balaban J connectivity index is 2.15. The molecular formula is C26H28ClN3O5. The molecule has 3 aromatic rings. The van der Waals surface area contributed by atoms with Gasteiger partial charge >= 0.3 is 12.1 Å². The van der Waals surface area contributed by atoms with Crippen molar-refractivity contribution in [2.24, 2.45) is 0 Å². The van der Waals surface area contributed by atoms with Gasteiger partial charge in [-0.15, -0.1) is 0 Å². The molecule has 0 bridgehead atoms. The van der Waals surface area contributed by atoms with Crippen molar-refractivity contribution in [2.75, 3.05) is 12.0 Å². The number of pyridine rings is 2. The number of aromatic nitrogens is 2. The van der Waals surface area contributed by atoms with Crippen LogP contribution < -0.4 is 9.64 Å². The molecule has 1 amide bonds. The number of rotatable bonds is 6. The summed E-state index contributed by atoms with van der Waals surface area (Å²) in [4.78, 5) is 35.2. The number of methoxy groups -OCH3 is 1. The molecule has 0 spiro atoms. The van der Waals surface area contributed by atoms with Crippen molar-refractivity contribution in [3.8, 4) is 16.9 Å². The number of amides is 1. The molecule has 8 nitrogen and oxygen atoms in total. The minimum Gasteiger partial charge on any atom is -0.496 e. The van der Waals surface area contributed by atoms with Crippen LogP contribution in [0.1, 0.15) is 48.0 Å². The molecule has 2 aromatic heterocycles. The molecule has 0 aliphatic carbocycles. The SMILES string of the molecule is COc1c(C)cnc(CN(C(=O)OC(C)(C)C)c2cc(-c3ccccc3C(=O)O)cnc2Cl)c1C. The summed E-state index contributed by atoms with van der Waals surface area (Å²) in [5.41, 5.74) is 2.76. The Bertz CT molecular complexity index is 1270. The number of halogens is 1. The first kappa shape index (κ1) is 26.0. The third kappa shape index (κ3) is 5.89. The van der Waals surface area contributed by atoms with Crippen molar-refractivity contribution in [1.29, 1.82) is 0 Å². The smallest absolute Gasteiger partial charge is 0.415 e. The minimum atomic E-state index is -1.08. The first-order valence-corrected chi connectivity index (χ1v) is 11.3. The van der Waals surface area contributed by atoms with Gasteiger partial charge in [0, 0.05) is 29.1 Å². The van der Waals surface area contributed by atoms with Crippen molar-refractivity contribution in [1.82, 2.24) is 9.97 Å². The number of aryl methyl sites for hydroxylation is 1. The lowest BCUT2D eigenvalue weighted by atomic mass is 10.0. The Morgan fingerprint density at radius 2 is 1.80 bits per heavy atom. The first-order valence-electron chi connectivity index (χ1n) is 10.9. The third-order valence-corrected chi connectivity index (χ3v) is 5.54. The maximum absolute atomic E-state index is 13.3. The van der Waals surface area contributed by atoms with Crippen LogP contribution in [-0.4, -0.2) is 39.8 Å². The molecule has 2 heterocycles. The number of aromatic carboxylic acids is 1. The first-order chi connectivity index (χ1) is 16.4. The Kier molecular flexibility index (Phi) is 7.65. The average Bonchev–Trinajstić information content (AvgIpc) is 2.78. The molecule has 0 radical (unpaired) electrons. The second-order valence-electron chi connectivity index (χ2n) is 9.00. The maximum atomic E-state index is 13.3. The van der Waals surface area contributed by atoms with E-state index in [1.165, 1.54) is 17.2 Å². The van der Waals surface area contributed by atoms with Crippen LogP contribution in [0.2, 0.25) is 5.15 Å². The van der Waals surface area contributed by atoms with Crippen molar-refractivity contribution in [3.63, 3.8) is 0 Å². The molecule has 0 aliphatic heterocycles. The predicted molar refractivity (Wildman–Crippen MR) is 134 cm³/mol. The zero-order chi connectivity index (χ0) is 25.9. The summed E-state index contributed by atoms with van der Waals surface area (Å²) in [6.07, 6.45) is 2.50. The predicted octanol–water partition coefficient (Wildman–Crippen LogP) is 6.06. The second-order valence-corrected chi connectivity index (χ2v) is 9.36. The van der Waals surface area contributed by atoms with Gasteiger partial charge in [-0.1, -0.05) is 29.8 Å². The zero-order valence-electron chi connectivity index (χ0n) is 20.5. The molecule has 1 N–H and O–H groups in total. The Hall–Kier alpha value is -3.65. The summed E-state index contributed by atoms with van der Waals surface area (Å²) in [5.74, 6) is -0.403. The molecule has 3 rings (SSSR count). The molecule has 9 heteroatoms. The van der Waals surface area contributed by atoms with E-state index in [-0.39, 0.29) is 22.9 Å². The summed E-state index contributed by atoms with van der Waals surface area (Å²) in [5, 5.41) is 9.68. The Labute approximate surface area is 209 Å². The summed E-state index contributed by atoms with van der Waals surface area (Å²) in [6, 6.07) is 8.18. The van der Waals surface area contributed by atoms with Crippen molar-refractivity contribution in [3.05, 3.63) is 70.3 Å². The largest absolute Gasteiger partial charge is 0.496 e. The standard InChI is InChI=1S/C26H28ClN3O5/c1-15-12-28-20(16(2)22(15)34-6)14-30(25(33)35-26(3,4)5)21-11-17(13-29-23(21)27)18-9-7-8-10-19(18)24(31)32/h7-13H,14H2,1-6H3,(H,31,32). The Morgan fingerprint density at radius 3 is 2.43 bits per heavy atom. The van der Waals surface area contributed by atoms with Gasteiger partial charge in [-0.3, -0.25) is 9.88 Å². The van der Waals surface area contributed by atoms with E-state index in [0.29, 0.717) is 22.6 Å². The van der Waals surface area contributed by atoms with E-state index >= 15 is 0 Å². The highest BCUT2D eigenvalue weighted by Crippen LogP contribution is 2.34. The molecule has 0 atom stereocenters. The molecule has 0 saturated carbocycles. The van der Waals surface area contributed by atoms with Crippen LogP contribution in [0.4, 0.5) is 10.5 Å². The monoisotopic (exact) mass is 497 g/mol. The lowest BCUT2D eigenvalue weighted by Gasteiger charge is -2.28. The summed E-state index contributed by atoms with van der Waals surface area (Å²) < 4.78 is 11.2. The quantitative estimate of drug-likeness (QED) is 0.413. The summed E-state index contributed by atoms with van der Waals surface area (Å²) in [6.45, 7) is 9.07. The number of carbonyl (C=O) groups excluding carboxylic acids is 1. The molecule has 184 valence electrons. The molecule has 0 fully saturated rings. The van der Waals surface area contributed by atoms with Crippen LogP contribution in [0.3, 0.4) is 0 Å². The van der Waals surface area contributed by atoms with Gasteiger partial charge in [-0.25, -0.2) is 14.6 Å². The normalized spacial score (nSPS) is 11.2. The van der Waals surface area contributed by atoms with Crippen LogP contribution in [0.15, 0.2) is 42.7 Å². The van der Waals surface area contributed by atoms with Gasteiger partial charge in [0.25, 0.3) is 0 Å². The number of carbonyl (C=O) groups is 2. The van der Waals surface area contributed by atoms with Gasteiger partial charge in [-0.2, -0.15) is 0 Å². The average molecular weight is 498 g/mol. The van der Waals surface area contributed by atoms with E-state index in [1.807, 2.05) is 13.8 Å². The van der Waals surface area contributed by atoms with Crippen LogP contribution >= 0.6 is 11.6 Å². The molecule has 0 unspecified atom stereocenters. The minimum absolute atomic E-state index is 0.0306. The summed E-state index contributed by atoms with van der Waals surface area (Å²) >= 11 is 6.46. The van der Waals surface area contributed by atoms with Crippen LogP contribution in [0, 0.1) is 13.8 Å². The Morgan fingerprint density at radius 1 is 1.11 bits per heavy atom. The second kappa shape index (κ2) is 10.3. The summed E-state index contributed by atoms with van der Waals surface area (Å²) in [7, 11) is 1.58.